The van der Waals surface area contributed by atoms with Crippen LogP contribution in [0.4, 0.5) is 44.3 Å². The number of hydrogen-bond acceptors (Lipinski definition) is 8. The molecule has 46 heavy (non-hydrogen) atoms. The first-order valence-corrected chi connectivity index (χ1v) is 13.8. The monoisotopic (exact) mass is 670 g/mol. The van der Waals surface area contributed by atoms with E-state index in [1.54, 1.807) is 0 Å². The van der Waals surface area contributed by atoms with Crippen molar-refractivity contribution in [2.75, 3.05) is 34.4 Å². The Balaban J connectivity index is 1.75. The minimum Gasteiger partial charge on any atom is -0.453 e. The number of ether oxygens (including phenoxy) is 2. The molecule has 2 aromatic rings. The van der Waals surface area contributed by atoms with Crippen molar-refractivity contribution in [3.63, 3.8) is 0 Å². The molecule has 2 aromatic carbocycles. The van der Waals surface area contributed by atoms with Crippen molar-refractivity contribution < 1.29 is 53.8 Å². The van der Waals surface area contributed by atoms with E-state index >= 15 is 0 Å². The van der Waals surface area contributed by atoms with E-state index in [1.165, 1.54) is 42.3 Å². The molecule has 1 unspecified atom stereocenters. The number of benzene rings is 2. The highest BCUT2D eigenvalue weighted by molar-refractivity contribution is 5.80. The second kappa shape index (κ2) is 13.4. The average molecular weight is 671 g/mol. The topological polar surface area (TPSA) is 81.7 Å². The fraction of sp³-hybridized carbons (Fsp3) is 0.500. The highest BCUT2D eigenvalue weighted by atomic mass is 19.4. The summed E-state index contributed by atoms with van der Waals surface area (Å²) in [4.78, 5) is 14.7. The number of hydrogen-bond donors (Lipinski definition) is 2. The van der Waals surface area contributed by atoms with Gasteiger partial charge in [-0.05, 0) is 65.8 Å². The van der Waals surface area contributed by atoms with Crippen LogP contribution in [-0.4, -0.2) is 61.3 Å². The van der Waals surface area contributed by atoms with Gasteiger partial charge < -0.3 is 19.3 Å². The molecule has 9 nitrogen and oxygen atoms in total. The van der Waals surface area contributed by atoms with Crippen LogP contribution in [0.5, 0.6) is 0 Å². The number of carbonyl (C=O) groups is 1. The van der Waals surface area contributed by atoms with Crippen LogP contribution in [0.2, 0.25) is 0 Å². The molecule has 2 aliphatic heterocycles. The number of likely N-dealkylation sites (tertiary alicyclic amines) is 1. The summed E-state index contributed by atoms with van der Waals surface area (Å²) < 4.78 is 134. The van der Waals surface area contributed by atoms with E-state index < -0.39 is 66.1 Å². The van der Waals surface area contributed by atoms with Crippen molar-refractivity contribution in [2.45, 2.75) is 50.6 Å². The van der Waals surface area contributed by atoms with Gasteiger partial charge in [0.2, 0.25) is 5.96 Å². The van der Waals surface area contributed by atoms with Gasteiger partial charge in [-0.3, -0.25) is 5.43 Å². The summed E-state index contributed by atoms with van der Waals surface area (Å²) in [5, 5.41) is 5.23. The molecule has 4 rings (SSSR count). The molecule has 1 fully saturated rings. The number of guanidine groups is 1. The van der Waals surface area contributed by atoms with Crippen molar-refractivity contribution in [2.24, 2.45) is 11.0 Å². The number of rotatable bonds is 7. The molecule has 0 aromatic heterocycles. The van der Waals surface area contributed by atoms with Crippen LogP contribution in [0.25, 0.3) is 0 Å². The SMILES string of the molecule is COC(=O)N1CCC(C(OC)c2ccc(C(F)(F)F)cc2CN(Cc2cc(C(F)(F)F)cc(C(F)(F)F)c2)C2=NNN(C)N2)CC1. The summed E-state index contributed by atoms with van der Waals surface area (Å²) in [5.41, 5.74) is 1.12. The van der Waals surface area contributed by atoms with Gasteiger partial charge in [-0.1, -0.05) is 6.07 Å². The average Bonchev–Trinajstić information content (AvgIpc) is 3.42. The quantitative estimate of drug-likeness (QED) is 0.343. The van der Waals surface area contributed by atoms with Crippen LogP contribution in [0, 0.1) is 5.92 Å². The Morgan fingerprint density at radius 1 is 0.913 bits per heavy atom. The van der Waals surface area contributed by atoms with Gasteiger partial charge in [-0.2, -0.15) is 39.5 Å². The second-order valence-corrected chi connectivity index (χ2v) is 10.8. The predicted molar refractivity (Wildman–Crippen MR) is 145 cm³/mol. The van der Waals surface area contributed by atoms with Gasteiger partial charge in [0.25, 0.3) is 0 Å². The van der Waals surface area contributed by atoms with E-state index in [4.69, 9.17) is 9.47 Å². The lowest BCUT2D eigenvalue weighted by molar-refractivity contribution is -0.143. The molecule has 0 radical (unpaired) electrons. The Morgan fingerprint density at radius 3 is 1.98 bits per heavy atom. The molecule has 1 amide bonds. The number of hydrazine groups is 2. The Morgan fingerprint density at radius 2 is 1.50 bits per heavy atom. The first-order valence-electron chi connectivity index (χ1n) is 13.8. The number of amides is 1. The van der Waals surface area contributed by atoms with E-state index in [9.17, 15) is 44.3 Å². The van der Waals surface area contributed by atoms with Crippen molar-refractivity contribution in [3.8, 4) is 0 Å². The van der Waals surface area contributed by atoms with E-state index in [2.05, 4.69) is 16.1 Å². The lowest BCUT2D eigenvalue weighted by atomic mass is 9.85. The summed E-state index contributed by atoms with van der Waals surface area (Å²) >= 11 is 0. The van der Waals surface area contributed by atoms with Crippen LogP contribution in [0.15, 0.2) is 41.5 Å². The predicted octanol–water partition coefficient (Wildman–Crippen LogP) is 6.14. The standard InChI is InChI=1S/C28H31F9N6O3/c1-41-39-24(38-40-41)43(14-16-10-20(27(32,33)34)13-21(11-16)28(35,36)37)15-18-12-19(26(29,30)31)4-5-22(18)23(45-2)17-6-8-42(9-7-17)25(44)46-3/h4-5,10-13,17,23,40H,6-9,14-15H2,1-3H3,(H,38,39). The van der Waals surface area contributed by atoms with Crippen molar-refractivity contribution in [1.29, 1.82) is 0 Å². The minimum absolute atomic E-state index is 0.00585. The number of carbonyl (C=O) groups excluding carboxylic acids is 1. The molecule has 1 saturated heterocycles. The first kappa shape index (κ1) is 34.9. The number of nitrogens with zero attached hydrogens (tertiary/aromatic N) is 4. The Hall–Kier alpha value is -3.93. The minimum atomic E-state index is -5.10. The molecular formula is C28H31F9N6O3. The molecule has 18 heteroatoms. The molecule has 0 aliphatic carbocycles. The normalized spacial score (nSPS) is 17.3. The highest BCUT2D eigenvalue weighted by Crippen LogP contribution is 2.40. The van der Waals surface area contributed by atoms with Gasteiger partial charge in [0.05, 0.1) is 29.9 Å². The van der Waals surface area contributed by atoms with Crippen LogP contribution in [-0.2, 0) is 41.1 Å². The zero-order chi connectivity index (χ0) is 34.0. The number of nitrogens with one attached hydrogen (secondary N) is 2. The summed E-state index contributed by atoms with van der Waals surface area (Å²) in [6, 6.07) is 4.09. The van der Waals surface area contributed by atoms with Crippen LogP contribution in [0.3, 0.4) is 0 Å². The summed E-state index contributed by atoms with van der Waals surface area (Å²) in [6.45, 7) is -0.414. The van der Waals surface area contributed by atoms with Crippen molar-refractivity contribution in [1.82, 2.24) is 25.9 Å². The summed E-state index contributed by atoms with van der Waals surface area (Å²) in [6.07, 6.45) is -15.4. The maximum atomic E-state index is 13.9. The Labute approximate surface area is 257 Å². The third kappa shape index (κ3) is 8.26. The number of alkyl halides is 9. The van der Waals surface area contributed by atoms with Gasteiger partial charge in [0.1, 0.15) is 0 Å². The van der Waals surface area contributed by atoms with Gasteiger partial charge in [0.15, 0.2) is 0 Å². The molecule has 2 N–H and O–H groups in total. The Bertz CT molecular complexity index is 1390. The van der Waals surface area contributed by atoms with Gasteiger partial charge >= 0.3 is 24.6 Å². The third-order valence-corrected chi connectivity index (χ3v) is 7.69. The Kier molecular flexibility index (Phi) is 10.2. The fourth-order valence-corrected chi connectivity index (χ4v) is 5.49. The first-order chi connectivity index (χ1) is 21.4. The molecule has 2 aliphatic rings. The van der Waals surface area contributed by atoms with Gasteiger partial charge in [-0.15, -0.1) is 10.2 Å². The maximum absolute atomic E-state index is 13.9. The molecule has 0 saturated carbocycles. The number of halogens is 9. The number of piperidine rings is 1. The smallest absolute Gasteiger partial charge is 0.416 e. The van der Waals surface area contributed by atoms with E-state index in [0.29, 0.717) is 43.6 Å². The van der Waals surface area contributed by atoms with Crippen LogP contribution < -0.4 is 11.0 Å². The molecule has 1 atom stereocenters. The summed E-state index contributed by atoms with van der Waals surface area (Å²) in [7, 11) is 4.09. The largest absolute Gasteiger partial charge is 0.453 e. The highest BCUT2D eigenvalue weighted by Gasteiger charge is 2.38. The molecule has 254 valence electrons. The van der Waals surface area contributed by atoms with Crippen LogP contribution in [0.1, 0.15) is 52.3 Å². The molecule has 0 bridgehead atoms. The van der Waals surface area contributed by atoms with E-state index in [1.807, 2.05) is 0 Å². The lowest BCUT2D eigenvalue weighted by Crippen LogP contribution is -2.44. The molecular weight excluding hydrogens is 639 g/mol. The lowest BCUT2D eigenvalue weighted by Gasteiger charge is -2.36. The van der Waals surface area contributed by atoms with E-state index in [-0.39, 0.29) is 23.5 Å². The fourth-order valence-electron chi connectivity index (χ4n) is 5.49. The van der Waals surface area contributed by atoms with Crippen molar-refractivity contribution in [3.05, 3.63) is 69.8 Å². The molecule has 2 heterocycles. The van der Waals surface area contributed by atoms with Crippen molar-refractivity contribution >= 4 is 12.1 Å². The number of hydrazone groups is 1. The zero-order valence-electron chi connectivity index (χ0n) is 24.8. The zero-order valence-corrected chi connectivity index (χ0v) is 24.8. The van der Waals surface area contributed by atoms with Gasteiger partial charge in [0, 0.05) is 40.3 Å². The second-order valence-electron chi connectivity index (χ2n) is 10.8. The van der Waals surface area contributed by atoms with Gasteiger partial charge in [-0.25, -0.2) is 10.3 Å². The van der Waals surface area contributed by atoms with Crippen LogP contribution >= 0.6 is 0 Å². The maximum Gasteiger partial charge on any atom is 0.416 e. The number of methoxy groups -OCH3 is 2. The summed E-state index contributed by atoms with van der Waals surface area (Å²) in [5.74, 6) is -0.320. The molecule has 0 spiro atoms. The third-order valence-electron chi connectivity index (χ3n) is 7.69. The van der Waals surface area contributed by atoms with E-state index in [0.717, 1.165) is 12.1 Å².